The van der Waals surface area contributed by atoms with Crippen LogP contribution in [0.3, 0.4) is 0 Å². The molecule has 0 saturated heterocycles. The van der Waals surface area contributed by atoms with Gasteiger partial charge in [-0.1, -0.05) is 17.7 Å². The number of halogens is 2. The van der Waals surface area contributed by atoms with Gasteiger partial charge in [-0.3, -0.25) is 9.78 Å². The molecular weight excluding hydrogens is 317 g/mol. The van der Waals surface area contributed by atoms with E-state index in [1.54, 1.807) is 35.3 Å². The minimum Gasteiger partial charge on any atom is -0.339 e. The first-order valence-corrected chi connectivity index (χ1v) is 7.32. The SMILES string of the molecule is O=C(Nc1ccc(Cl)cc1F)c1cccn1Cc1cccnc1. The fourth-order valence-corrected chi connectivity index (χ4v) is 2.38. The number of pyridine rings is 1. The zero-order valence-corrected chi connectivity index (χ0v) is 12.8. The molecule has 0 aliphatic heterocycles. The van der Waals surface area contributed by atoms with E-state index in [0.29, 0.717) is 12.2 Å². The third-order valence-corrected chi connectivity index (χ3v) is 3.55. The third-order valence-electron chi connectivity index (χ3n) is 3.32. The average Bonchev–Trinajstić information content (AvgIpc) is 2.99. The monoisotopic (exact) mass is 329 g/mol. The summed E-state index contributed by atoms with van der Waals surface area (Å²) in [7, 11) is 0. The molecule has 2 aromatic heterocycles. The second-order valence-corrected chi connectivity index (χ2v) is 5.40. The van der Waals surface area contributed by atoms with Gasteiger partial charge in [-0.2, -0.15) is 0 Å². The number of nitrogens with one attached hydrogen (secondary N) is 1. The highest BCUT2D eigenvalue weighted by atomic mass is 35.5. The van der Waals surface area contributed by atoms with Crippen molar-refractivity contribution in [2.45, 2.75) is 6.54 Å². The van der Waals surface area contributed by atoms with Crippen molar-refractivity contribution in [1.82, 2.24) is 9.55 Å². The predicted octanol–water partition coefficient (Wildman–Crippen LogP) is 3.98. The number of hydrogen-bond donors (Lipinski definition) is 1. The Morgan fingerprint density at radius 1 is 1.26 bits per heavy atom. The number of rotatable bonds is 4. The summed E-state index contributed by atoms with van der Waals surface area (Å²) in [5.41, 5.74) is 1.49. The summed E-state index contributed by atoms with van der Waals surface area (Å²) >= 11 is 5.71. The van der Waals surface area contributed by atoms with Crippen molar-refractivity contribution in [2.24, 2.45) is 0 Å². The summed E-state index contributed by atoms with van der Waals surface area (Å²) in [6.07, 6.45) is 5.22. The highest BCUT2D eigenvalue weighted by Gasteiger charge is 2.13. The second kappa shape index (κ2) is 6.62. The molecule has 1 amide bonds. The average molecular weight is 330 g/mol. The van der Waals surface area contributed by atoms with Crippen molar-refractivity contribution in [2.75, 3.05) is 5.32 Å². The van der Waals surface area contributed by atoms with Crippen molar-refractivity contribution in [1.29, 1.82) is 0 Å². The van der Waals surface area contributed by atoms with Gasteiger partial charge < -0.3 is 9.88 Å². The highest BCUT2D eigenvalue weighted by Crippen LogP contribution is 2.20. The zero-order valence-electron chi connectivity index (χ0n) is 12.0. The van der Waals surface area contributed by atoms with Crippen molar-refractivity contribution < 1.29 is 9.18 Å². The molecule has 3 rings (SSSR count). The molecule has 0 unspecified atom stereocenters. The van der Waals surface area contributed by atoms with Gasteiger partial charge in [-0.05, 0) is 42.0 Å². The summed E-state index contributed by atoms with van der Waals surface area (Å²) in [5.74, 6) is -0.962. The minimum absolute atomic E-state index is 0.0912. The molecule has 0 spiro atoms. The lowest BCUT2D eigenvalue weighted by Crippen LogP contribution is -2.18. The van der Waals surface area contributed by atoms with Crippen molar-refractivity contribution in [3.05, 3.63) is 83.2 Å². The number of carbonyl (C=O) groups is 1. The maximum atomic E-state index is 13.8. The Labute approximate surface area is 137 Å². The Kier molecular flexibility index (Phi) is 4.39. The maximum Gasteiger partial charge on any atom is 0.272 e. The van der Waals surface area contributed by atoms with E-state index in [-0.39, 0.29) is 16.6 Å². The summed E-state index contributed by atoms with van der Waals surface area (Å²) in [4.78, 5) is 16.4. The molecule has 1 aromatic carbocycles. The Hall–Kier alpha value is -2.66. The molecule has 0 aliphatic carbocycles. The van der Waals surface area contributed by atoms with Gasteiger partial charge >= 0.3 is 0 Å². The molecule has 0 bridgehead atoms. The Balaban J connectivity index is 1.79. The van der Waals surface area contributed by atoms with Crippen LogP contribution >= 0.6 is 11.6 Å². The Morgan fingerprint density at radius 3 is 2.87 bits per heavy atom. The summed E-state index contributed by atoms with van der Waals surface area (Å²) < 4.78 is 15.6. The number of nitrogens with zero attached hydrogens (tertiary/aromatic N) is 2. The molecule has 0 atom stereocenters. The van der Waals surface area contributed by atoms with Crippen LogP contribution in [-0.4, -0.2) is 15.5 Å². The molecule has 116 valence electrons. The Bertz CT molecular complexity index is 833. The van der Waals surface area contributed by atoms with Crippen LogP contribution in [0.15, 0.2) is 61.1 Å². The normalized spacial score (nSPS) is 10.5. The first-order valence-electron chi connectivity index (χ1n) is 6.94. The van der Waals surface area contributed by atoms with Crippen LogP contribution in [0.1, 0.15) is 16.1 Å². The number of hydrogen-bond acceptors (Lipinski definition) is 2. The van der Waals surface area contributed by atoms with Crippen LogP contribution in [0.25, 0.3) is 0 Å². The van der Waals surface area contributed by atoms with E-state index in [1.165, 1.54) is 12.1 Å². The maximum absolute atomic E-state index is 13.8. The molecule has 23 heavy (non-hydrogen) atoms. The van der Waals surface area contributed by atoms with Crippen LogP contribution in [0, 0.1) is 5.82 Å². The van der Waals surface area contributed by atoms with Gasteiger partial charge in [-0.15, -0.1) is 0 Å². The summed E-state index contributed by atoms with van der Waals surface area (Å²) in [6, 6.07) is 11.3. The van der Waals surface area contributed by atoms with E-state index < -0.39 is 5.82 Å². The van der Waals surface area contributed by atoms with Gasteiger partial charge in [0.25, 0.3) is 5.91 Å². The quantitative estimate of drug-likeness (QED) is 0.787. The number of anilines is 1. The highest BCUT2D eigenvalue weighted by molar-refractivity contribution is 6.30. The molecule has 0 aliphatic rings. The first-order chi connectivity index (χ1) is 11.1. The van der Waals surface area contributed by atoms with Gasteiger partial charge in [0.05, 0.1) is 5.69 Å². The molecule has 6 heteroatoms. The van der Waals surface area contributed by atoms with E-state index in [0.717, 1.165) is 11.6 Å². The largest absolute Gasteiger partial charge is 0.339 e. The van der Waals surface area contributed by atoms with Crippen LogP contribution in [0.2, 0.25) is 5.02 Å². The zero-order chi connectivity index (χ0) is 16.2. The molecule has 3 aromatic rings. The number of carbonyl (C=O) groups excluding carboxylic acids is 1. The summed E-state index contributed by atoms with van der Waals surface area (Å²) in [5, 5.41) is 2.84. The topological polar surface area (TPSA) is 46.9 Å². The fraction of sp³-hybridized carbons (Fsp3) is 0.0588. The van der Waals surface area contributed by atoms with Gasteiger partial charge in [0.2, 0.25) is 0 Å². The first kappa shape index (κ1) is 15.2. The van der Waals surface area contributed by atoms with Crippen LogP contribution in [-0.2, 0) is 6.54 Å². The fourth-order valence-electron chi connectivity index (χ4n) is 2.22. The van der Waals surface area contributed by atoms with E-state index in [2.05, 4.69) is 10.3 Å². The molecular formula is C17H13ClFN3O. The van der Waals surface area contributed by atoms with Crippen molar-refractivity contribution in [3.8, 4) is 0 Å². The number of aromatic nitrogens is 2. The lowest BCUT2D eigenvalue weighted by molar-refractivity contribution is 0.101. The molecule has 1 N–H and O–H groups in total. The van der Waals surface area contributed by atoms with Crippen LogP contribution < -0.4 is 5.32 Å². The molecule has 4 nitrogen and oxygen atoms in total. The predicted molar refractivity (Wildman–Crippen MR) is 87.1 cm³/mol. The molecule has 0 radical (unpaired) electrons. The van der Waals surface area contributed by atoms with Gasteiger partial charge in [0.15, 0.2) is 0 Å². The van der Waals surface area contributed by atoms with Gasteiger partial charge in [0, 0.05) is 30.2 Å². The lowest BCUT2D eigenvalue weighted by atomic mass is 10.2. The standard InChI is InChI=1S/C17H13ClFN3O/c18-13-5-6-15(14(19)9-13)21-17(23)16-4-2-8-22(16)11-12-3-1-7-20-10-12/h1-10H,11H2,(H,21,23). The number of benzene rings is 1. The Morgan fingerprint density at radius 2 is 2.13 bits per heavy atom. The molecule has 2 heterocycles. The third kappa shape index (κ3) is 3.57. The molecule has 0 saturated carbocycles. The van der Waals surface area contributed by atoms with Gasteiger partial charge in [-0.25, -0.2) is 4.39 Å². The van der Waals surface area contributed by atoms with Gasteiger partial charge in [0.1, 0.15) is 11.5 Å². The van der Waals surface area contributed by atoms with Crippen molar-refractivity contribution in [3.63, 3.8) is 0 Å². The minimum atomic E-state index is -0.573. The van der Waals surface area contributed by atoms with Crippen LogP contribution in [0.4, 0.5) is 10.1 Å². The van der Waals surface area contributed by atoms with E-state index in [4.69, 9.17) is 11.6 Å². The smallest absolute Gasteiger partial charge is 0.272 e. The molecule has 0 fully saturated rings. The van der Waals surface area contributed by atoms with Crippen LogP contribution in [0.5, 0.6) is 0 Å². The van der Waals surface area contributed by atoms with E-state index in [1.807, 2.05) is 12.1 Å². The second-order valence-electron chi connectivity index (χ2n) is 4.96. The lowest BCUT2D eigenvalue weighted by Gasteiger charge is -2.10. The summed E-state index contributed by atoms with van der Waals surface area (Å²) in [6.45, 7) is 0.507. The van der Waals surface area contributed by atoms with E-state index >= 15 is 0 Å². The van der Waals surface area contributed by atoms with E-state index in [9.17, 15) is 9.18 Å². The number of amides is 1. The van der Waals surface area contributed by atoms with Crippen molar-refractivity contribution >= 4 is 23.2 Å².